The lowest BCUT2D eigenvalue weighted by Gasteiger charge is -1.87. The average molecular weight is 200 g/mol. The molecule has 0 aliphatic heterocycles. The summed E-state index contributed by atoms with van der Waals surface area (Å²) in [5.41, 5.74) is 0.106. The van der Waals surface area contributed by atoms with Gasteiger partial charge >= 0.3 is 11.9 Å². The minimum Gasteiger partial charge on any atom is -0.478 e. The lowest BCUT2D eigenvalue weighted by Crippen LogP contribution is -1.98. The number of carboxylic acids is 2. The van der Waals surface area contributed by atoms with Gasteiger partial charge in [0.05, 0.1) is 0 Å². The van der Waals surface area contributed by atoms with Crippen LogP contribution in [0.25, 0.3) is 0 Å². The molecule has 5 nitrogen and oxygen atoms in total. The van der Waals surface area contributed by atoms with E-state index < -0.39 is 11.9 Å². The van der Waals surface area contributed by atoms with Gasteiger partial charge in [-0.2, -0.15) is 0 Å². The van der Waals surface area contributed by atoms with Gasteiger partial charge in [-0.25, -0.2) is 9.59 Å². The summed E-state index contributed by atoms with van der Waals surface area (Å²) in [5, 5.41) is 15.9. The molecule has 0 aromatic carbocycles. The van der Waals surface area contributed by atoms with E-state index in [1.54, 1.807) is 0 Å². The van der Waals surface area contributed by atoms with Gasteiger partial charge in [-0.15, -0.1) is 0 Å². The fourth-order valence-corrected chi connectivity index (χ4v) is 0.188. The zero-order chi connectivity index (χ0) is 11.7. The second-order valence-electron chi connectivity index (χ2n) is 2.36. The second-order valence-corrected chi connectivity index (χ2v) is 2.36. The van der Waals surface area contributed by atoms with Gasteiger partial charge in [0.25, 0.3) is 0 Å². The van der Waals surface area contributed by atoms with E-state index in [2.05, 4.69) is 13.2 Å². The van der Waals surface area contributed by atoms with Gasteiger partial charge in [0.1, 0.15) is 6.29 Å². The van der Waals surface area contributed by atoms with Crippen molar-refractivity contribution >= 4 is 18.2 Å². The van der Waals surface area contributed by atoms with Crippen molar-refractivity contribution < 1.29 is 24.6 Å². The maximum Gasteiger partial charge on any atom is 0.331 e. The van der Waals surface area contributed by atoms with Crippen LogP contribution >= 0.6 is 0 Å². The summed E-state index contributed by atoms with van der Waals surface area (Å²) < 4.78 is 0. The van der Waals surface area contributed by atoms with Crippen molar-refractivity contribution in [3.63, 3.8) is 0 Å². The summed E-state index contributed by atoms with van der Waals surface area (Å²) in [6.07, 6.45) is 0.422. The Bertz CT molecular complexity index is 252. The molecule has 0 unspecified atom stereocenters. The Labute approximate surface area is 81.4 Å². The standard InChI is InChI=1S/C5H6O3.C4H6O2/c1-4(2-3-6)5(7)8;1-3(2)4(5)6/h3H,1-2H2,(H,7,8);1H2,2H3,(H,5,6). The highest BCUT2D eigenvalue weighted by atomic mass is 16.4. The zero-order valence-electron chi connectivity index (χ0n) is 7.82. The van der Waals surface area contributed by atoms with E-state index >= 15 is 0 Å². The van der Waals surface area contributed by atoms with Gasteiger partial charge in [-0.1, -0.05) is 13.2 Å². The van der Waals surface area contributed by atoms with E-state index in [0.717, 1.165) is 0 Å². The monoisotopic (exact) mass is 200 g/mol. The molecular formula is C9H12O5. The van der Waals surface area contributed by atoms with Crippen LogP contribution in [0.2, 0.25) is 0 Å². The van der Waals surface area contributed by atoms with Crippen molar-refractivity contribution in [1.82, 2.24) is 0 Å². The lowest BCUT2D eigenvalue weighted by molar-refractivity contribution is -0.133. The highest BCUT2D eigenvalue weighted by molar-refractivity contribution is 5.89. The minimum absolute atomic E-state index is 0.0694. The number of hydrogen-bond acceptors (Lipinski definition) is 3. The summed E-state index contributed by atoms with van der Waals surface area (Å²) >= 11 is 0. The summed E-state index contributed by atoms with van der Waals surface area (Å²) in [6, 6.07) is 0. The topological polar surface area (TPSA) is 91.7 Å². The Morgan fingerprint density at radius 1 is 1.21 bits per heavy atom. The third kappa shape index (κ3) is 10.1. The Balaban J connectivity index is 0. The van der Waals surface area contributed by atoms with Crippen molar-refractivity contribution in [2.24, 2.45) is 0 Å². The van der Waals surface area contributed by atoms with Crippen LogP contribution in [-0.2, 0) is 14.4 Å². The molecule has 0 rings (SSSR count). The van der Waals surface area contributed by atoms with E-state index in [9.17, 15) is 14.4 Å². The lowest BCUT2D eigenvalue weighted by atomic mass is 10.2. The van der Waals surface area contributed by atoms with E-state index in [1.165, 1.54) is 6.92 Å². The second kappa shape index (κ2) is 7.72. The number of carboxylic acid groups (broad SMARTS) is 2. The number of aliphatic carboxylic acids is 2. The Morgan fingerprint density at radius 2 is 1.57 bits per heavy atom. The van der Waals surface area contributed by atoms with Crippen molar-refractivity contribution in [1.29, 1.82) is 0 Å². The first-order valence-corrected chi connectivity index (χ1v) is 3.56. The van der Waals surface area contributed by atoms with Gasteiger partial charge in [0, 0.05) is 17.6 Å². The fraction of sp³-hybridized carbons (Fsp3) is 0.222. The molecular weight excluding hydrogens is 188 g/mol. The molecule has 0 aromatic heterocycles. The summed E-state index contributed by atoms with van der Waals surface area (Å²) in [6.45, 7) is 7.72. The van der Waals surface area contributed by atoms with Gasteiger partial charge < -0.3 is 15.0 Å². The zero-order valence-corrected chi connectivity index (χ0v) is 7.82. The minimum atomic E-state index is -1.11. The van der Waals surface area contributed by atoms with E-state index in [1.807, 2.05) is 0 Å². The maximum absolute atomic E-state index is 9.83. The molecule has 14 heavy (non-hydrogen) atoms. The fourth-order valence-electron chi connectivity index (χ4n) is 0.188. The van der Waals surface area contributed by atoms with Crippen LogP contribution in [0.1, 0.15) is 13.3 Å². The highest BCUT2D eigenvalue weighted by Gasteiger charge is 1.99. The van der Waals surface area contributed by atoms with Gasteiger partial charge in [-0.05, 0) is 6.92 Å². The molecule has 0 saturated heterocycles. The first kappa shape index (κ1) is 14.6. The molecule has 0 atom stereocenters. The molecule has 5 heteroatoms. The van der Waals surface area contributed by atoms with Gasteiger partial charge in [-0.3, -0.25) is 0 Å². The number of hydrogen-bond donors (Lipinski definition) is 2. The first-order chi connectivity index (χ1) is 6.32. The normalized spacial score (nSPS) is 7.79. The van der Waals surface area contributed by atoms with Gasteiger partial charge in [0.15, 0.2) is 0 Å². The number of rotatable bonds is 4. The summed E-state index contributed by atoms with van der Waals surface area (Å²) in [5.74, 6) is -2.05. The van der Waals surface area contributed by atoms with E-state index in [-0.39, 0.29) is 17.6 Å². The molecule has 0 spiro atoms. The molecule has 0 bridgehead atoms. The van der Waals surface area contributed by atoms with Crippen molar-refractivity contribution in [2.45, 2.75) is 13.3 Å². The molecule has 0 amide bonds. The molecule has 78 valence electrons. The van der Waals surface area contributed by atoms with Crippen LogP contribution in [0.3, 0.4) is 0 Å². The Kier molecular flexibility index (Phi) is 8.06. The van der Waals surface area contributed by atoms with E-state index in [0.29, 0.717) is 6.29 Å². The predicted octanol–water partition coefficient (Wildman–Crippen LogP) is 0.863. The molecule has 0 aliphatic carbocycles. The van der Waals surface area contributed by atoms with Crippen molar-refractivity contribution in [3.05, 3.63) is 24.3 Å². The summed E-state index contributed by atoms with van der Waals surface area (Å²) in [7, 11) is 0. The maximum atomic E-state index is 9.83. The Morgan fingerprint density at radius 3 is 1.64 bits per heavy atom. The van der Waals surface area contributed by atoms with Crippen LogP contribution in [0.15, 0.2) is 24.3 Å². The number of aldehydes is 1. The van der Waals surface area contributed by atoms with Crippen LogP contribution < -0.4 is 0 Å². The third-order valence-electron chi connectivity index (χ3n) is 0.997. The molecule has 0 heterocycles. The van der Waals surface area contributed by atoms with Gasteiger partial charge in [0.2, 0.25) is 0 Å². The molecule has 0 fully saturated rings. The largest absolute Gasteiger partial charge is 0.478 e. The highest BCUT2D eigenvalue weighted by Crippen LogP contribution is 1.91. The predicted molar refractivity (Wildman–Crippen MR) is 49.9 cm³/mol. The molecule has 0 saturated carbocycles. The first-order valence-electron chi connectivity index (χ1n) is 3.56. The van der Waals surface area contributed by atoms with E-state index in [4.69, 9.17) is 10.2 Å². The van der Waals surface area contributed by atoms with Crippen LogP contribution in [0, 0.1) is 0 Å². The SMILES string of the molecule is C=C(C)C(=O)O.C=C(CC=O)C(=O)O. The van der Waals surface area contributed by atoms with Crippen LogP contribution in [0.5, 0.6) is 0 Å². The van der Waals surface area contributed by atoms with Crippen LogP contribution in [-0.4, -0.2) is 28.4 Å². The summed E-state index contributed by atoms with van der Waals surface area (Å²) in [4.78, 5) is 29.0. The van der Waals surface area contributed by atoms with Crippen LogP contribution in [0.4, 0.5) is 0 Å². The molecule has 0 aliphatic rings. The number of carbonyl (C=O) groups excluding carboxylic acids is 1. The Hall–Kier alpha value is -1.91. The quantitative estimate of drug-likeness (QED) is 0.518. The smallest absolute Gasteiger partial charge is 0.331 e. The third-order valence-corrected chi connectivity index (χ3v) is 0.997. The average Bonchev–Trinajstić information content (AvgIpc) is 2.05. The number of carbonyl (C=O) groups is 3. The molecule has 2 N–H and O–H groups in total. The van der Waals surface area contributed by atoms with Crippen molar-refractivity contribution in [3.8, 4) is 0 Å². The molecule has 0 aromatic rings. The molecule has 0 radical (unpaired) electrons. The van der Waals surface area contributed by atoms with Crippen molar-refractivity contribution in [2.75, 3.05) is 0 Å².